The lowest BCUT2D eigenvalue weighted by atomic mass is 9.81. The number of hydrogen-bond acceptors (Lipinski definition) is 6. The number of carbonyl (C=O) groups is 1. The Bertz CT molecular complexity index is 1180. The Hall–Kier alpha value is -2.02. The number of alkyl halides is 3. The number of hydrogen-bond donors (Lipinski definition) is 3. The van der Waals surface area contributed by atoms with Crippen LogP contribution in [-0.2, 0) is 16.4 Å². The third kappa shape index (κ3) is 7.02. The SMILES string of the molecule is Cc1cc(S(=O)(=O)N[C@@H](C)C(F)(F)F)ccc1-c1sc(C(=O)NCC(C)(C)O)nc1CC1CCC1. The summed E-state index contributed by atoms with van der Waals surface area (Å²) in [6.07, 6.45) is -0.761. The normalized spacial score (nSPS) is 16.1. The van der Waals surface area contributed by atoms with E-state index in [1.54, 1.807) is 31.6 Å². The maximum absolute atomic E-state index is 12.9. The van der Waals surface area contributed by atoms with Gasteiger partial charge in [-0.05, 0) is 63.3 Å². The number of aliphatic hydroxyl groups is 1. The lowest BCUT2D eigenvalue weighted by molar-refractivity contribution is -0.147. The number of benzene rings is 1. The number of rotatable bonds is 9. The second-order valence-corrected chi connectivity index (χ2v) is 12.4. The van der Waals surface area contributed by atoms with Crippen molar-refractivity contribution in [3.8, 4) is 10.4 Å². The highest BCUT2D eigenvalue weighted by Gasteiger charge is 2.39. The zero-order valence-electron chi connectivity index (χ0n) is 20.0. The number of nitrogens with one attached hydrogen (secondary N) is 2. The minimum Gasteiger partial charge on any atom is -0.389 e. The Morgan fingerprint density at radius 3 is 2.46 bits per heavy atom. The van der Waals surface area contributed by atoms with Crippen LogP contribution < -0.4 is 10.0 Å². The highest BCUT2D eigenvalue weighted by Crippen LogP contribution is 2.38. The van der Waals surface area contributed by atoms with Gasteiger partial charge in [-0.1, -0.05) is 25.3 Å². The van der Waals surface area contributed by atoms with Crippen molar-refractivity contribution >= 4 is 27.3 Å². The van der Waals surface area contributed by atoms with Gasteiger partial charge in [0.2, 0.25) is 10.0 Å². The van der Waals surface area contributed by atoms with Crippen LogP contribution in [0.4, 0.5) is 13.2 Å². The number of halogens is 3. The first-order valence-electron chi connectivity index (χ1n) is 11.3. The van der Waals surface area contributed by atoms with Crippen LogP contribution in [0.15, 0.2) is 23.1 Å². The number of amides is 1. The van der Waals surface area contributed by atoms with Crippen molar-refractivity contribution in [2.24, 2.45) is 5.92 Å². The molecule has 12 heteroatoms. The van der Waals surface area contributed by atoms with E-state index in [2.05, 4.69) is 10.3 Å². The third-order valence-electron chi connectivity index (χ3n) is 5.86. The number of carbonyl (C=O) groups excluding carboxylic acids is 1. The van der Waals surface area contributed by atoms with Crippen LogP contribution in [0.5, 0.6) is 0 Å². The molecule has 1 aliphatic rings. The molecule has 1 aromatic heterocycles. The summed E-state index contributed by atoms with van der Waals surface area (Å²) < 4.78 is 65.2. The van der Waals surface area contributed by atoms with E-state index in [-0.39, 0.29) is 16.4 Å². The topological polar surface area (TPSA) is 108 Å². The maximum atomic E-state index is 12.9. The monoisotopic (exact) mass is 533 g/mol. The fraction of sp³-hybridized carbons (Fsp3) is 0.565. The predicted molar refractivity (Wildman–Crippen MR) is 128 cm³/mol. The van der Waals surface area contributed by atoms with Crippen molar-refractivity contribution in [1.29, 1.82) is 0 Å². The molecule has 35 heavy (non-hydrogen) atoms. The van der Waals surface area contributed by atoms with E-state index in [1.165, 1.54) is 23.5 Å². The predicted octanol–water partition coefficient (Wildman–Crippen LogP) is 4.19. The molecule has 1 saturated carbocycles. The standard InChI is InChI=1S/C23H30F3N3O4S2/c1-13-10-16(35(32,33)29-14(2)23(24,25)26)8-9-17(13)19-18(11-15-6-5-7-15)28-21(34-19)20(30)27-12-22(3,4)31/h8-10,14-15,29,31H,5-7,11-12H2,1-4H3,(H,27,30)/t14-/m0/s1. The third-order valence-corrected chi connectivity index (χ3v) is 8.52. The van der Waals surface area contributed by atoms with Crippen LogP contribution >= 0.6 is 11.3 Å². The number of nitrogens with zero attached hydrogens (tertiary/aromatic N) is 1. The van der Waals surface area contributed by atoms with E-state index in [9.17, 15) is 31.5 Å². The molecule has 0 radical (unpaired) electrons. The van der Waals surface area contributed by atoms with Gasteiger partial charge in [0, 0.05) is 6.54 Å². The lowest BCUT2D eigenvalue weighted by Gasteiger charge is -2.24. The summed E-state index contributed by atoms with van der Waals surface area (Å²) in [6.45, 7) is 5.61. The van der Waals surface area contributed by atoms with E-state index in [0.717, 1.165) is 36.8 Å². The van der Waals surface area contributed by atoms with Gasteiger partial charge < -0.3 is 10.4 Å². The molecule has 7 nitrogen and oxygen atoms in total. The largest absolute Gasteiger partial charge is 0.404 e. The average molecular weight is 534 g/mol. The van der Waals surface area contributed by atoms with Crippen LogP contribution in [0.2, 0.25) is 0 Å². The molecule has 3 rings (SSSR count). The fourth-order valence-corrected chi connectivity index (χ4v) is 5.98. The van der Waals surface area contributed by atoms with E-state index in [0.29, 0.717) is 23.5 Å². The van der Waals surface area contributed by atoms with Gasteiger partial charge in [-0.3, -0.25) is 4.79 Å². The Kier molecular flexibility index (Phi) is 8.00. The highest BCUT2D eigenvalue weighted by molar-refractivity contribution is 7.89. The summed E-state index contributed by atoms with van der Waals surface area (Å²) in [4.78, 5) is 17.7. The van der Waals surface area contributed by atoms with Gasteiger partial charge in [-0.2, -0.15) is 17.9 Å². The molecule has 3 N–H and O–H groups in total. The van der Waals surface area contributed by atoms with Gasteiger partial charge in [0.25, 0.3) is 5.91 Å². The molecule has 0 unspecified atom stereocenters. The number of sulfonamides is 1. The van der Waals surface area contributed by atoms with E-state index >= 15 is 0 Å². The smallest absolute Gasteiger partial charge is 0.389 e. The number of aryl methyl sites for hydroxylation is 1. The Morgan fingerprint density at radius 2 is 1.94 bits per heavy atom. The van der Waals surface area contributed by atoms with Crippen LogP contribution in [-0.4, -0.2) is 48.8 Å². The van der Waals surface area contributed by atoms with Gasteiger partial charge in [-0.25, -0.2) is 13.4 Å². The molecule has 1 aromatic carbocycles. The second-order valence-electron chi connectivity index (χ2n) is 9.65. The summed E-state index contributed by atoms with van der Waals surface area (Å²) >= 11 is 1.17. The molecule has 1 amide bonds. The van der Waals surface area contributed by atoms with Crippen molar-refractivity contribution in [3.63, 3.8) is 0 Å². The first-order valence-corrected chi connectivity index (χ1v) is 13.6. The van der Waals surface area contributed by atoms with Gasteiger partial charge in [-0.15, -0.1) is 11.3 Å². The van der Waals surface area contributed by atoms with Crippen LogP contribution in [0.25, 0.3) is 10.4 Å². The molecule has 0 spiro atoms. The van der Waals surface area contributed by atoms with E-state index in [1.807, 2.05) is 0 Å². The van der Waals surface area contributed by atoms with Gasteiger partial charge >= 0.3 is 6.18 Å². The second kappa shape index (κ2) is 10.2. The van der Waals surface area contributed by atoms with Crippen molar-refractivity contribution in [2.45, 2.75) is 76.1 Å². The Morgan fingerprint density at radius 1 is 1.29 bits per heavy atom. The Balaban J connectivity index is 1.92. The summed E-state index contributed by atoms with van der Waals surface area (Å²) in [5, 5.41) is 12.8. The van der Waals surface area contributed by atoms with Crippen molar-refractivity contribution in [3.05, 3.63) is 34.5 Å². The zero-order valence-corrected chi connectivity index (χ0v) is 21.6. The molecule has 0 aliphatic heterocycles. The summed E-state index contributed by atoms with van der Waals surface area (Å²) in [6, 6.07) is 1.89. The van der Waals surface area contributed by atoms with Gasteiger partial charge in [0.15, 0.2) is 5.01 Å². The Labute approximate surface area is 207 Å². The molecule has 1 heterocycles. The maximum Gasteiger partial charge on any atom is 0.404 e. The minimum absolute atomic E-state index is 0.0492. The van der Waals surface area contributed by atoms with Gasteiger partial charge in [0.05, 0.1) is 21.1 Å². The van der Waals surface area contributed by atoms with Crippen LogP contribution in [0, 0.1) is 12.8 Å². The van der Waals surface area contributed by atoms with Crippen molar-refractivity contribution in [1.82, 2.24) is 15.0 Å². The molecule has 0 bridgehead atoms. The first-order chi connectivity index (χ1) is 16.1. The van der Waals surface area contributed by atoms with Crippen LogP contribution in [0.1, 0.15) is 61.1 Å². The summed E-state index contributed by atoms with van der Waals surface area (Å²) in [7, 11) is -4.39. The lowest BCUT2D eigenvalue weighted by Crippen LogP contribution is -2.42. The molecule has 194 valence electrons. The average Bonchev–Trinajstić information content (AvgIpc) is 3.11. The molecule has 1 aliphatic carbocycles. The molecule has 1 fully saturated rings. The molecular formula is C23H30F3N3O4S2. The highest BCUT2D eigenvalue weighted by atomic mass is 32.2. The fourth-order valence-electron chi connectivity index (χ4n) is 3.57. The minimum atomic E-state index is -4.71. The van der Waals surface area contributed by atoms with Gasteiger partial charge in [0.1, 0.15) is 6.04 Å². The van der Waals surface area contributed by atoms with Crippen molar-refractivity contribution < 1.29 is 31.5 Å². The number of thiazole rings is 1. The van der Waals surface area contributed by atoms with Crippen molar-refractivity contribution in [2.75, 3.05) is 6.54 Å². The molecular weight excluding hydrogens is 503 g/mol. The number of aromatic nitrogens is 1. The van der Waals surface area contributed by atoms with E-state index in [4.69, 9.17) is 0 Å². The first kappa shape index (κ1) is 27.6. The quantitative estimate of drug-likeness (QED) is 0.448. The summed E-state index contributed by atoms with van der Waals surface area (Å²) in [5.74, 6) is 0.0385. The zero-order chi connectivity index (χ0) is 26.2. The van der Waals surface area contributed by atoms with Crippen LogP contribution in [0.3, 0.4) is 0 Å². The molecule has 1 atom stereocenters. The summed E-state index contributed by atoms with van der Waals surface area (Å²) in [5.41, 5.74) is 0.853. The molecule has 2 aromatic rings. The van der Waals surface area contributed by atoms with E-state index < -0.39 is 33.7 Å². The molecule has 0 saturated heterocycles.